The molecule has 0 aromatic heterocycles. The zero-order valence-electron chi connectivity index (χ0n) is 16.6. The number of hydrogen-bond acceptors (Lipinski definition) is 2. The number of nitrogens with zero attached hydrogens (tertiary/aromatic N) is 1. The summed E-state index contributed by atoms with van der Waals surface area (Å²) in [4.78, 5) is 27.3. The van der Waals surface area contributed by atoms with Gasteiger partial charge >= 0.3 is 6.18 Å². The van der Waals surface area contributed by atoms with Crippen molar-refractivity contribution in [1.29, 1.82) is 0 Å². The Morgan fingerprint density at radius 2 is 1.68 bits per heavy atom. The zero-order valence-corrected chi connectivity index (χ0v) is 16.6. The molecule has 0 aliphatic carbocycles. The molecular weight excluding hydrogens is 405 g/mol. The van der Waals surface area contributed by atoms with Gasteiger partial charge < -0.3 is 10.2 Å². The molecule has 0 saturated carbocycles. The highest BCUT2D eigenvalue weighted by Crippen LogP contribution is 2.39. The van der Waals surface area contributed by atoms with Crippen molar-refractivity contribution >= 4 is 17.5 Å². The maximum Gasteiger partial charge on any atom is 0.417 e. The number of aryl methyl sites for hydroxylation is 1. The van der Waals surface area contributed by atoms with Crippen LogP contribution < -0.4 is 5.32 Å². The molecule has 31 heavy (non-hydrogen) atoms. The minimum Gasteiger partial charge on any atom is -0.324 e. The first-order valence-corrected chi connectivity index (χ1v) is 9.68. The van der Waals surface area contributed by atoms with Crippen molar-refractivity contribution in [2.45, 2.75) is 19.1 Å². The second-order valence-corrected chi connectivity index (χ2v) is 7.43. The van der Waals surface area contributed by atoms with Gasteiger partial charge in [0.15, 0.2) is 0 Å². The summed E-state index contributed by atoms with van der Waals surface area (Å²) >= 11 is 0. The summed E-state index contributed by atoms with van der Waals surface area (Å²) in [5, 5.41) is 2.78. The number of carbonyl (C=O) groups is 2. The topological polar surface area (TPSA) is 49.4 Å². The van der Waals surface area contributed by atoms with E-state index in [0.29, 0.717) is 16.8 Å². The Kier molecular flexibility index (Phi) is 5.27. The lowest BCUT2D eigenvalue weighted by Gasteiger charge is -2.31. The summed E-state index contributed by atoms with van der Waals surface area (Å²) in [7, 11) is 0. The number of anilines is 1. The highest BCUT2D eigenvalue weighted by Gasteiger charge is 2.39. The normalized spacial score (nSPS) is 16.3. The summed E-state index contributed by atoms with van der Waals surface area (Å²) in [5.41, 5.74) is 1.27. The Morgan fingerprint density at radius 1 is 1.00 bits per heavy atom. The average molecular weight is 424 g/mol. The summed E-state index contributed by atoms with van der Waals surface area (Å²) in [5.74, 6) is -1.33. The molecule has 1 aliphatic heterocycles. The molecule has 2 amide bonds. The van der Waals surface area contributed by atoms with Crippen LogP contribution in [0.25, 0.3) is 0 Å². The Labute approximate surface area is 177 Å². The minimum atomic E-state index is -4.70. The number of hydrogen-bond donors (Lipinski definition) is 1. The van der Waals surface area contributed by atoms with Crippen LogP contribution >= 0.6 is 0 Å². The fourth-order valence-corrected chi connectivity index (χ4v) is 3.88. The van der Waals surface area contributed by atoms with Crippen LogP contribution in [0.3, 0.4) is 0 Å². The monoisotopic (exact) mass is 424 g/mol. The Morgan fingerprint density at radius 3 is 2.39 bits per heavy atom. The molecule has 1 aliphatic rings. The zero-order chi connectivity index (χ0) is 22.2. The quantitative estimate of drug-likeness (QED) is 0.615. The molecule has 4 nitrogen and oxygen atoms in total. The number of halogens is 3. The molecule has 7 heteroatoms. The van der Waals surface area contributed by atoms with E-state index in [2.05, 4.69) is 5.32 Å². The van der Waals surface area contributed by atoms with E-state index in [-0.39, 0.29) is 6.54 Å². The molecule has 3 aromatic carbocycles. The van der Waals surface area contributed by atoms with Crippen LogP contribution in [-0.4, -0.2) is 23.3 Å². The minimum absolute atomic E-state index is 0.377. The van der Waals surface area contributed by atoms with Gasteiger partial charge in [-0.2, -0.15) is 13.2 Å². The van der Waals surface area contributed by atoms with Gasteiger partial charge in [-0.3, -0.25) is 9.59 Å². The smallest absolute Gasteiger partial charge is 0.324 e. The highest BCUT2D eigenvalue weighted by molar-refractivity contribution is 6.02. The summed E-state index contributed by atoms with van der Waals surface area (Å²) in [6.45, 7) is 1.50. The molecule has 1 N–H and O–H groups in total. The van der Waals surface area contributed by atoms with E-state index in [1.165, 1.54) is 17.0 Å². The lowest BCUT2D eigenvalue weighted by atomic mass is 9.93. The molecule has 158 valence electrons. The largest absolute Gasteiger partial charge is 0.417 e. The van der Waals surface area contributed by atoms with Crippen molar-refractivity contribution in [2.75, 3.05) is 11.9 Å². The maximum absolute atomic E-state index is 13.6. The Balaban J connectivity index is 1.91. The van der Waals surface area contributed by atoms with E-state index in [1.54, 1.807) is 30.3 Å². The lowest BCUT2D eigenvalue weighted by molar-refractivity contribution is -0.138. The Bertz CT molecular complexity index is 1140. The number of amides is 2. The van der Waals surface area contributed by atoms with Gasteiger partial charge in [0.25, 0.3) is 5.91 Å². The van der Waals surface area contributed by atoms with Gasteiger partial charge in [0, 0.05) is 11.3 Å². The molecular formula is C24H19F3N2O2. The van der Waals surface area contributed by atoms with Gasteiger partial charge in [-0.25, -0.2) is 0 Å². The molecule has 0 saturated heterocycles. The summed E-state index contributed by atoms with van der Waals surface area (Å²) < 4.78 is 40.8. The number of rotatable bonds is 2. The molecule has 1 atom stereocenters. The molecule has 1 unspecified atom stereocenters. The van der Waals surface area contributed by atoms with E-state index < -0.39 is 35.2 Å². The van der Waals surface area contributed by atoms with Crippen LogP contribution in [0.4, 0.5) is 18.9 Å². The van der Waals surface area contributed by atoms with Gasteiger partial charge in [0.1, 0.15) is 6.54 Å². The third-order valence-corrected chi connectivity index (χ3v) is 5.24. The molecule has 0 fully saturated rings. The van der Waals surface area contributed by atoms with Gasteiger partial charge in [-0.15, -0.1) is 0 Å². The number of benzene rings is 3. The van der Waals surface area contributed by atoms with Crippen LogP contribution in [0, 0.1) is 6.92 Å². The van der Waals surface area contributed by atoms with Crippen molar-refractivity contribution in [3.05, 3.63) is 101 Å². The SMILES string of the molecule is Cc1ccc2c(c1)C(c1ccccc1)N(C(=O)c1ccccc1C(F)(F)F)CC(=O)N2. The predicted octanol–water partition coefficient (Wildman–Crippen LogP) is 5.20. The van der Waals surface area contributed by atoms with Crippen molar-refractivity contribution in [1.82, 2.24) is 4.90 Å². The van der Waals surface area contributed by atoms with E-state index in [4.69, 9.17) is 0 Å². The Hall–Kier alpha value is -3.61. The van der Waals surface area contributed by atoms with Gasteiger partial charge in [0.2, 0.25) is 5.91 Å². The van der Waals surface area contributed by atoms with Crippen LogP contribution in [-0.2, 0) is 11.0 Å². The summed E-state index contributed by atoms with van der Waals surface area (Å²) in [6.07, 6.45) is -4.70. The van der Waals surface area contributed by atoms with Crippen LogP contribution in [0.15, 0.2) is 72.8 Å². The van der Waals surface area contributed by atoms with Gasteiger partial charge in [-0.1, -0.05) is 60.2 Å². The second kappa shape index (κ2) is 7.91. The third-order valence-electron chi connectivity index (χ3n) is 5.24. The van der Waals surface area contributed by atoms with Crippen LogP contribution in [0.1, 0.15) is 38.7 Å². The van der Waals surface area contributed by atoms with Crippen LogP contribution in [0.2, 0.25) is 0 Å². The van der Waals surface area contributed by atoms with E-state index in [9.17, 15) is 22.8 Å². The van der Waals surface area contributed by atoms with E-state index in [0.717, 1.165) is 17.7 Å². The average Bonchev–Trinajstić information content (AvgIpc) is 2.89. The number of alkyl halides is 3. The summed E-state index contributed by atoms with van der Waals surface area (Å²) in [6, 6.07) is 18.3. The van der Waals surface area contributed by atoms with Crippen molar-refractivity contribution in [3.8, 4) is 0 Å². The number of fused-ring (bicyclic) bond motifs is 1. The fourth-order valence-electron chi connectivity index (χ4n) is 3.88. The molecule has 0 bridgehead atoms. The number of carbonyl (C=O) groups excluding carboxylic acids is 2. The lowest BCUT2D eigenvalue weighted by Crippen LogP contribution is -2.39. The van der Waals surface area contributed by atoms with Gasteiger partial charge in [-0.05, 0) is 30.7 Å². The molecule has 0 spiro atoms. The molecule has 3 aromatic rings. The highest BCUT2D eigenvalue weighted by atomic mass is 19.4. The van der Waals surface area contributed by atoms with Crippen molar-refractivity contribution < 1.29 is 22.8 Å². The first-order chi connectivity index (χ1) is 14.8. The van der Waals surface area contributed by atoms with Crippen molar-refractivity contribution in [3.63, 3.8) is 0 Å². The van der Waals surface area contributed by atoms with Crippen molar-refractivity contribution in [2.24, 2.45) is 0 Å². The maximum atomic E-state index is 13.6. The third kappa shape index (κ3) is 4.03. The molecule has 0 radical (unpaired) electrons. The first-order valence-electron chi connectivity index (χ1n) is 9.68. The van der Waals surface area contributed by atoms with E-state index >= 15 is 0 Å². The van der Waals surface area contributed by atoms with E-state index in [1.807, 2.05) is 25.1 Å². The fraction of sp³-hybridized carbons (Fsp3) is 0.167. The molecule has 1 heterocycles. The van der Waals surface area contributed by atoms with Gasteiger partial charge in [0.05, 0.1) is 17.2 Å². The standard InChI is InChI=1S/C24H19F3N2O2/c1-15-11-12-20-18(13-15)22(16-7-3-2-4-8-16)29(14-21(30)28-20)23(31)17-9-5-6-10-19(17)24(25,26)27/h2-13,22H,14H2,1H3,(H,28,30). The van der Waals surface area contributed by atoms with Crippen LogP contribution in [0.5, 0.6) is 0 Å². The number of nitrogens with one attached hydrogen (secondary N) is 1. The second-order valence-electron chi connectivity index (χ2n) is 7.43. The molecule has 4 rings (SSSR count). The first kappa shape index (κ1) is 20.7. The predicted molar refractivity (Wildman–Crippen MR) is 111 cm³/mol.